The van der Waals surface area contributed by atoms with Gasteiger partial charge in [-0.15, -0.1) is 0 Å². The van der Waals surface area contributed by atoms with Gasteiger partial charge in [-0.25, -0.2) is 0 Å². The lowest BCUT2D eigenvalue weighted by Gasteiger charge is -2.27. The highest BCUT2D eigenvalue weighted by Crippen LogP contribution is 2.37. The molecule has 1 saturated carbocycles. The summed E-state index contributed by atoms with van der Waals surface area (Å²) in [7, 11) is 0. The summed E-state index contributed by atoms with van der Waals surface area (Å²) >= 11 is 4.04. The number of hydrogen-bond donors (Lipinski definition) is 2. The van der Waals surface area contributed by atoms with Gasteiger partial charge >= 0.3 is 0 Å². The zero-order valence-corrected chi connectivity index (χ0v) is 9.36. The molecule has 1 atom stereocenters. The van der Waals surface area contributed by atoms with E-state index in [0.717, 1.165) is 6.42 Å². The summed E-state index contributed by atoms with van der Waals surface area (Å²) in [5.41, 5.74) is 0.284. The Morgan fingerprint density at radius 3 is 2.77 bits per heavy atom. The standard InChI is InChI=1S/C10H19NOS/c1-10(2)6-3-4-8(10)11-9(12)5-7-13/h8,13H,3-7H2,1-2H3,(H,11,12). The molecule has 1 N–H and O–H groups in total. The summed E-state index contributed by atoms with van der Waals surface area (Å²) in [6.07, 6.45) is 4.12. The molecule has 0 aliphatic heterocycles. The minimum atomic E-state index is 0.148. The normalized spacial score (nSPS) is 25.9. The highest BCUT2D eigenvalue weighted by molar-refractivity contribution is 7.80. The number of hydrogen-bond acceptors (Lipinski definition) is 2. The Hall–Kier alpha value is -0.180. The summed E-state index contributed by atoms with van der Waals surface area (Å²) in [5.74, 6) is 0.786. The van der Waals surface area contributed by atoms with Crippen LogP contribution in [0.15, 0.2) is 0 Å². The van der Waals surface area contributed by atoms with E-state index >= 15 is 0 Å². The molecule has 3 heteroatoms. The monoisotopic (exact) mass is 201 g/mol. The maximum atomic E-state index is 11.3. The molecule has 1 fully saturated rings. The van der Waals surface area contributed by atoms with Gasteiger partial charge in [-0.3, -0.25) is 4.79 Å². The Kier molecular flexibility index (Phi) is 3.65. The highest BCUT2D eigenvalue weighted by Gasteiger charge is 2.34. The molecular weight excluding hydrogens is 182 g/mol. The lowest BCUT2D eigenvalue weighted by Crippen LogP contribution is -2.41. The maximum absolute atomic E-state index is 11.3. The number of carbonyl (C=O) groups is 1. The molecule has 0 aromatic carbocycles. The summed E-state index contributed by atoms with van der Waals surface area (Å²) in [6, 6.07) is 0.375. The average molecular weight is 201 g/mol. The first-order valence-electron chi connectivity index (χ1n) is 4.96. The molecule has 0 saturated heterocycles. The lowest BCUT2D eigenvalue weighted by atomic mass is 9.87. The molecule has 76 valence electrons. The van der Waals surface area contributed by atoms with Gasteiger partial charge in [0.25, 0.3) is 0 Å². The Morgan fingerprint density at radius 1 is 1.62 bits per heavy atom. The first-order valence-corrected chi connectivity index (χ1v) is 5.60. The number of nitrogens with one attached hydrogen (secondary N) is 1. The molecule has 0 spiro atoms. The second kappa shape index (κ2) is 4.36. The molecule has 0 heterocycles. The van der Waals surface area contributed by atoms with E-state index < -0.39 is 0 Å². The average Bonchev–Trinajstić information content (AvgIpc) is 2.31. The van der Waals surface area contributed by atoms with Crippen molar-refractivity contribution in [3.05, 3.63) is 0 Å². The van der Waals surface area contributed by atoms with Crippen LogP contribution in [0.1, 0.15) is 39.5 Å². The minimum Gasteiger partial charge on any atom is -0.353 e. The smallest absolute Gasteiger partial charge is 0.221 e. The van der Waals surface area contributed by atoms with Crippen LogP contribution in [0.3, 0.4) is 0 Å². The second-order valence-corrected chi connectivity index (χ2v) is 4.92. The van der Waals surface area contributed by atoms with Crippen LogP contribution in [0, 0.1) is 5.41 Å². The van der Waals surface area contributed by atoms with Crippen LogP contribution in [0.4, 0.5) is 0 Å². The molecule has 1 aliphatic carbocycles. The van der Waals surface area contributed by atoms with Gasteiger partial charge in [-0.1, -0.05) is 20.3 Å². The van der Waals surface area contributed by atoms with E-state index in [1.807, 2.05) is 0 Å². The Morgan fingerprint density at radius 2 is 2.31 bits per heavy atom. The molecule has 0 aromatic rings. The summed E-state index contributed by atoms with van der Waals surface area (Å²) in [4.78, 5) is 11.3. The molecule has 13 heavy (non-hydrogen) atoms. The van der Waals surface area contributed by atoms with Crippen molar-refractivity contribution < 1.29 is 4.79 Å². The van der Waals surface area contributed by atoms with Crippen LogP contribution < -0.4 is 5.32 Å². The predicted octanol–water partition coefficient (Wildman–Crippen LogP) is 2.00. The van der Waals surface area contributed by atoms with Crippen LogP contribution in [0.2, 0.25) is 0 Å². The molecule has 1 unspecified atom stereocenters. The number of amides is 1. The fraction of sp³-hybridized carbons (Fsp3) is 0.900. The van der Waals surface area contributed by atoms with Crippen molar-refractivity contribution in [2.24, 2.45) is 5.41 Å². The van der Waals surface area contributed by atoms with Crippen molar-refractivity contribution in [3.63, 3.8) is 0 Å². The molecule has 0 bridgehead atoms. The molecule has 0 aromatic heterocycles. The van der Waals surface area contributed by atoms with Crippen molar-refractivity contribution >= 4 is 18.5 Å². The first-order chi connectivity index (χ1) is 6.06. The lowest BCUT2D eigenvalue weighted by molar-refractivity contribution is -0.122. The largest absolute Gasteiger partial charge is 0.353 e. The van der Waals surface area contributed by atoms with Crippen molar-refractivity contribution in [1.82, 2.24) is 5.32 Å². The van der Waals surface area contributed by atoms with E-state index in [9.17, 15) is 4.79 Å². The van der Waals surface area contributed by atoms with Crippen LogP contribution >= 0.6 is 12.6 Å². The van der Waals surface area contributed by atoms with E-state index in [2.05, 4.69) is 31.8 Å². The third-order valence-corrected chi connectivity index (χ3v) is 3.15. The Bertz CT molecular complexity index is 191. The van der Waals surface area contributed by atoms with Gasteiger partial charge < -0.3 is 5.32 Å². The molecule has 1 rings (SSSR count). The second-order valence-electron chi connectivity index (χ2n) is 4.47. The van der Waals surface area contributed by atoms with Gasteiger partial charge in [0.15, 0.2) is 0 Å². The molecule has 1 amide bonds. The SMILES string of the molecule is CC1(C)CCCC1NC(=O)CCS. The fourth-order valence-electron chi connectivity index (χ4n) is 1.96. The summed E-state index contributed by atoms with van der Waals surface area (Å²) in [6.45, 7) is 4.46. The Balaban J connectivity index is 2.40. The van der Waals surface area contributed by atoms with Gasteiger partial charge in [-0.2, -0.15) is 12.6 Å². The third-order valence-electron chi connectivity index (χ3n) is 2.93. The predicted molar refractivity (Wildman–Crippen MR) is 58.0 cm³/mol. The van der Waals surface area contributed by atoms with Gasteiger partial charge in [0.2, 0.25) is 5.91 Å². The van der Waals surface area contributed by atoms with Gasteiger partial charge in [-0.05, 0) is 24.0 Å². The zero-order chi connectivity index (χ0) is 9.90. The topological polar surface area (TPSA) is 29.1 Å². The van der Waals surface area contributed by atoms with Crippen molar-refractivity contribution in [2.75, 3.05) is 5.75 Å². The quantitative estimate of drug-likeness (QED) is 0.672. The maximum Gasteiger partial charge on any atom is 0.221 e. The van der Waals surface area contributed by atoms with Crippen molar-refractivity contribution in [3.8, 4) is 0 Å². The minimum absolute atomic E-state index is 0.148. The fourth-order valence-corrected chi connectivity index (χ4v) is 2.17. The molecule has 2 nitrogen and oxygen atoms in total. The zero-order valence-electron chi connectivity index (χ0n) is 8.47. The van der Waals surface area contributed by atoms with Gasteiger partial charge in [0.1, 0.15) is 0 Å². The van der Waals surface area contributed by atoms with Crippen molar-refractivity contribution in [2.45, 2.75) is 45.6 Å². The van der Waals surface area contributed by atoms with Gasteiger partial charge in [0, 0.05) is 12.5 Å². The molecule has 0 radical (unpaired) electrons. The number of rotatable bonds is 3. The van der Waals surface area contributed by atoms with Crippen LogP contribution in [0.5, 0.6) is 0 Å². The van der Waals surface area contributed by atoms with Crippen LogP contribution in [0.25, 0.3) is 0 Å². The van der Waals surface area contributed by atoms with E-state index in [-0.39, 0.29) is 11.3 Å². The Labute approximate surface area is 85.9 Å². The van der Waals surface area contributed by atoms with Crippen LogP contribution in [-0.4, -0.2) is 17.7 Å². The number of thiol groups is 1. The van der Waals surface area contributed by atoms with Gasteiger partial charge in [0.05, 0.1) is 0 Å². The highest BCUT2D eigenvalue weighted by atomic mass is 32.1. The van der Waals surface area contributed by atoms with E-state index in [4.69, 9.17) is 0 Å². The first kappa shape index (κ1) is 10.9. The molecule has 1 aliphatic rings. The summed E-state index contributed by atoms with van der Waals surface area (Å²) in [5, 5.41) is 3.08. The summed E-state index contributed by atoms with van der Waals surface area (Å²) < 4.78 is 0. The van der Waals surface area contributed by atoms with E-state index in [1.165, 1.54) is 12.8 Å². The number of carbonyl (C=O) groups excluding carboxylic acids is 1. The van der Waals surface area contributed by atoms with Crippen molar-refractivity contribution in [1.29, 1.82) is 0 Å². The van der Waals surface area contributed by atoms with Crippen LogP contribution in [-0.2, 0) is 4.79 Å². The van der Waals surface area contributed by atoms with E-state index in [1.54, 1.807) is 0 Å². The third kappa shape index (κ3) is 2.90. The molecular formula is C10H19NOS. The van der Waals surface area contributed by atoms with E-state index in [0.29, 0.717) is 18.2 Å².